The first-order valence-electron chi connectivity index (χ1n) is 7.02. The SMILES string of the molecule is CCC(CC)N(CCOC)c1nc2sccn2c1CBr. The third kappa shape index (κ3) is 3.02. The van der Waals surface area contributed by atoms with Gasteiger partial charge in [-0.1, -0.05) is 29.8 Å². The number of hydrogen-bond acceptors (Lipinski definition) is 4. The van der Waals surface area contributed by atoms with Crippen molar-refractivity contribution in [3.8, 4) is 0 Å². The molecule has 0 fully saturated rings. The Bertz CT molecular complexity index is 535. The maximum Gasteiger partial charge on any atom is 0.195 e. The predicted molar refractivity (Wildman–Crippen MR) is 89.3 cm³/mol. The molecule has 0 saturated carbocycles. The van der Waals surface area contributed by atoms with Crippen molar-refractivity contribution in [2.24, 2.45) is 0 Å². The molecular formula is C14H22BrN3OS. The number of alkyl halides is 1. The van der Waals surface area contributed by atoms with Crippen LogP contribution in [-0.4, -0.2) is 35.7 Å². The smallest absolute Gasteiger partial charge is 0.195 e. The minimum atomic E-state index is 0.507. The van der Waals surface area contributed by atoms with E-state index in [1.807, 2.05) is 0 Å². The van der Waals surface area contributed by atoms with E-state index < -0.39 is 0 Å². The fraction of sp³-hybridized carbons (Fsp3) is 0.643. The molecule has 2 rings (SSSR count). The molecule has 4 nitrogen and oxygen atoms in total. The zero-order chi connectivity index (χ0) is 14.5. The van der Waals surface area contributed by atoms with Gasteiger partial charge in [-0.3, -0.25) is 4.40 Å². The van der Waals surface area contributed by atoms with Gasteiger partial charge in [0.15, 0.2) is 10.8 Å². The normalized spacial score (nSPS) is 11.7. The van der Waals surface area contributed by atoms with Crippen LogP contribution in [0, 0.1) is 0 Å². The second-order valence-corrected chi connectivity index (χ2v) is 6.16. The lowest BCUT2D eigenvalue weighted by molar-refractivity contribution is 0.202. The van der Waals surface area contributed by atoms with Crippen LogP contribution in [0.5, 0.6) is 0 Å². The lowest BCUT2D eigenvalue weighted by atomic mass is 10.1. The predicted octanol–water partition coefficient (Wildman–Crippen LogP) is 3.93. The highest BCUT2D eigenvalue weighted by Gasteiger charge is 2.23. The molecule has 0 spiro atoms. The molecular weight excluding hydrogens is 338 g/mol. The van der Waals surface area contributed by atoms with E-state index in [4.69, 9.17) is 9.72 Å². The molecule has 6 heteroatoms. The van der Waals surface area contributed by atoms with Gasteiger partial charge >= 0.3 is 0 Å². The topological polar surface area (TPSA) is 29.8 Å². The minimum Gasteiger partial charge on any atom is -0.383 e. The third-order valence-electron chi connectivity index (χ3n) is 3.66. The van der Waals surface area contributed by atoms with Gasteiger partial charge in [-0.15, -0.1) is 11.3 Å². The van der Waals surface area contributed by atoms with Crippen molar-refractivity contribution in [1.82, 2.24) is 9.38 Å². The lowest BCUT2D eigenvalue weighted by Gasteiger charge is -2.31. The number of nitrogens with zero attached hydrogens (tertiary/aromatic N) is 3. The van der Waals surface area contributed by atoms with Crippen molar-refractivity contribution in [1.29, 1.82) is 0 Å². The van der Waals surface area contributed by atoms with Gasteiger partial charge in [-0.05, 0) is 12.8 Å². The molecule has 0 unspecified atom stereocenters. The molecule has 20 heavy (non-hydrogen) atoms. The highest BCUT2D eigenvalue weighted by molar-refractivity contribution is 9.08. The Labute approximate surface area is 132 Å². The number of rotatable bonds is 8. The van der Waals surface area contributed by atoms with Crippen molar-refractivity contribution < 1.29 is 4.74 Å². The Morgan fingerprint density at radius 2 is 2.20 bits per heavy atom. The van der Waals surface area contributed by atoms with Crippen LogP contribution in [0.4, 0.5) is 5.82 Å². The number of ether oxygens (including phenoxy) is 1. The van der Waals surface area contributed by atoms with Crippen molar-refractivity contribution in [2.45, 2.75) is 38.1 Å². The van der Waals surface area contributed by atoms with Gasteiger partial charge in [-0.2, -0.15) is 0 Å². The summed E-state index contributed by atoms with van der Waals surface area (Å²) in [5, 5.41) is 2.89. The van der Waals surface area contributed by atoms with Gasteiger partial charge in [0.2, 0.25) is 0 Å². The molecule has 0 aliphatic rings. The summed E-state index contributed by atoms with van der Waals surface area (Å²) in [4.78, 5) is 8.30. The summed E-state index contributed by atoms with van der Waals surface area (Å²) < 4.78 is 7.45. The summed E-state index contributed by atoms with van der Waals surface area (Å²) in [7, 11) is 1.75. The second-order valence-electron chi connectivity index (χ2n) is 4.73. The fourth-order valence-corrected chi connectivity index (χ4v) is 3.80. The monoisotopic (exact) mass is 359 g/mol. The summed E-state index contributed by atoms with van der Waals surface area (Å²) in [6, 6.07) is 0.507. The maximum absolute atomic E-state index is 5.28. The number of fused-ring (bicyclic) bond motifs is 1. The molecule has 0 aliphatic heterocycles. The van der Waals surface area contributed by atoms with E-state index in [0.717, 1.165) is 42.1 Å². The van der Waals surface area contributed by atoms with E-state index in [9.17, 15) is 0 Å². The van der Waals surface area contributed by atoms with Crippen molar-refractivity contribution in [3.63, 3.8) is 0 Å². The number of aromatic nitrogens is 2. The molecule has 0 aliphatic carbocycles. The largest absolute Gasteiger partial charge is 0.383 e. The minimum absolute atomic E-state index is 0.507. The number of halogens is 1. The van der Waals surface area contributed by atoms with Crippen LogP contribution in [-0.2, 0) is 10.1 Å². The Morgan fingerprint density at radius 3 is 2.80 bits per heavy atom. The van der Waals surface area contributed by atoms with E-state index in [1.54, 1.807) is 18.4 Å². The standard InChI is InChI=1S/C14H22BrN3OS/c1-4-11(5-2)17(6-8-19-3)13-12(10-15)18-7-9-20-14(18)16-13/h7,9,11H,4-6,8,10H2,1-3H3. The van der Waals surface area contributed by atoms with Crippen LogP contribution in [0.1, 0.15) is 32.4 Å². The summed E-state index contributed by atoms with van der Waals surface area (Å²) >= 11 is 5.29. The molecule has 0 radical (unpaired) electrons. The molecule has 2 heterocycles. The van der Waals surface area contributed by atoms with E-state index in [2.05, 4.69) is 50.7 Å². The number of anilines is 1. The third-order valence-corrected chi connectivity index (χ3v) is 4.95. The van der Waals surface area contributed by atoms with Crippen LogP contribution in [0.2, 0.25) is 0 Å². The van der Waals surface area contributed by atoms with Crippen LogP contribution in [0.3, 0.4) is 0 Å². The van der Waals surface area contributed by atoms with Gasteiger partial charge in [0, 0.05) is 36.6 Å². The first-order chi connectivity index (χ1) is 9.76. The number of imidazole rings is 1. The van der Waals surface area contributed by atoms with Gasteiger partial charge in [0.05, 0.1) is 12.3 Å². The van der Waals surface area contributed by atoms with E-state index in [1.165, 1.54) is 5.69 Å². The highest BCUT2D eigenvalue weighted by atomic mass is 79.9. The van der Waals surface area contributed by atoms with Crippen LogP contribution < -0.4 is 4.90 Å². The Hall–Kier alpha value is -0.590. The van der Waals surface area contributed by atoms with Gasteiger partial charge in [0.25, 0.3) is 0 Å². The van der Waals surface area contributed by atoms with Gasteiger partial charge < -0.3 is 9.64 Å². The van der Waals surface area contributed by atoms with Crippen molar-refractivity contribution in [3.05, 3.63) is 17.3 Å². The van der Waals surface area contributed by atoms with Crippen molar-refractivity contribution in [2.75, 3.05) is 25.2 Å². The summed E-state index contributed by atoms with van der Waals surface area (Å²) in [5.41, 5.74) is 1.23. The Kier molecular flexibility index (Phi) is 5.86. The molecule has 0 saturated heterocycles. The zero-order valence-electron chi connectivity index (χ0n) is 12.3. The lowest BCUT2D eigenvalue weighted by Crippen LogP contribution is -2.38. The number of hydrogen-bond donors (Lipinski definition) is 0. The first kappa shape index (κ1) is 15.8. The summed E-state index contributed by atoms with van der Waals surface area (Å²) in [5.74, 6) is 1.10. The van der Waals surface area contributed by atoms with E-state index in [-0.39, 0.29) is 0 Å². The molecule has 0 aromatic carbocycles. The zero-order valence-corrected chi connectivity index (χ0v) is 14.7. The first-order valence-corrected chi connectivity index (χ1v) is 9.02. The summed E-state index contributed by atoms with van der Waals surface area (Å²) in [6.45, 7) is 6.08. The van der Waals surface area contributed by atoms with Crippen LogP contribution >= 0.6 is 27.3 Å². The highest BCUT2D eigenvalue weighted by Crippen LogP contribution is 2.29. The van der Waals surface area contributed by atoms with Gasteiger partial charge in [0.1, 0.15) is 0 Å². The average Bonchev–Trinajstić information content (AvgIpc) is 3.03. The molecule has 112 valence electrons. The van der Waals surface area contributed by atoms with E-state index in [0.29, 0.717) is 6.04 Å². The van der Waals surface area contributed by atoms with Gasteiger partial charge in [-0.25, -0.2) is 4.98 Å². The molecule has 0 amide bonds. The molecule has 0 atom stereocenters. The maximum atomic E-state index is 5.28. The quantitative estimate of drug-likeness (QED) is 0.668. The summed E-state index contributed by atoms with van der Waals surface area (Å²) in [6.07, 6.45) is 4.33. The van der Waals surface area contributed by atoms with Crippen LogP contribution in [0.15, 0.2) is 11.6 Å². The molecule has 0 N–H and O–H groups in total. The van der Waals surface area contributed by atoms with E-state index >= 15 is 0 Å². The second kappa shape index (κ2) is 7.43. The molecule has 2 aromatic rings. The number of methoxy groups -OCH3 is 1. The Morgan fingerprint density at radius 1 is 1.45 bits per heavy atom. The number of thiazole rings is 1. The van der Waals surface area contributed by atoms with Crippen LogP contribution in [0.25, 0.3) is 4.96 Å². The Balaban J connectivity index is 2.40. The average molecular weight is 360 g/mol. The fourth-order valence-electron chi connectivity index (χ4n) is 2.56. The molecule has 0 bridgehead atoms. The van der Waals surface area contributed by atoms with Crippen molar-refractivity contribution >= 4 is 38.0 Å². The molecule has 2 aromatic heterocycles.